The van der Waals surface area contributed by atoms with Gasteiger partial charge in [-0.3, -0.25) is 4.79 Å². The van der Waals surface area contributed by atoms with Crippen LogP contribution in [0.2, 0.25) is 0 Å². The van der Waals surface area contributed by atoms with Gasteiger partial charge in [0.1, 0.15) is 0 Å². The SMILES string of the molecule is CCN(C(C)=O)C(C(=O)O)c1ccccc1COC. The van der Waals surface area contributed by atoms with Crippen LogP contribution in [0, 0.1) is 0 Å². The molecule has 0 aliphatic rings. The summed E-state index contributed by atoms with van der Waals surface area (Å²) in [6.07, 6.45) is 0. The maximum absolute atomic E-state index is 11.6. The Morgan fingerprint density at radius 3 is 2.47 bits per heavy atom. The molecule has 0 saturated heterocycles. The molecule has 1 N–H and O–H groups in total. The van der Waals surface area contributed by atoms with Crippen LogP contribution in [0.15, 0.2) is 24.3 Å². The monoisotopic (exact) mass is 265 g/mol. The number of carbonyl (C=O) groups excluding carboxylic acids is 1. The standard InChI is InChI=1S/C14H19NO4/c1-4-15(10(2)16)13(14(17)18)12-8-6-5-7-11(12)9-19-3/h5-8,13H,4,9H2,1-3H3,(H,17,18). The van der Waals surface area contributed by atoms with Crippen LogP contribution in [0.5, 0.6) is 0 Å². The molecule has 5 nitrogen and oxygen atoms in total. The molecule has 1 amide bonds. The van der Waals surface area contributed by atoms with Gasteiger partial charge in [0, 0.05) is 20.6 Å². The summed E-state index contributed by atoms with van der Waals surface area (Å²) in [5, 5.41) is 9.44. The van der Waals surface area contributed by atoms with Crippen LogP contribution in [0.1, 0.15) is 31.0 Å². The number of likely N-dealkylation sites (N-methyl/N-ethyl adjacent to an activating group) is 1. The van der Waals surface area contributed by atoms with E-state index in [1.54, 1.807) is 26.2 Å². The molecule has 104 valence electrons. The summed E-state index contributed by atoms with van der Waals surface area (Å²) in [6.45, 7) is 3.79. The van der Waals surface area contributed by atoms with E-state index in [0.29, 0.717) is 18.7 Å². The number of ether oxygens (including phenoxy) is 1. The van der Waals surface area contributed by atoms with Crippen molar-refractivity contribution in [3.63, 3.8) is 0 Å². The summed E-state index contributed by atoms with van der Waals surface area (Å²) in [4.78, 5) is 24.5. The molecule has 0 bridgehead atoms. The van der Waals surface area contributed by atoms with Crippen LogP contribution in [-0.4, -0.2) is 35.5 Å². The first kappa shape index (κ1) is 15.2. The molecule has 19 heavy (non-hydrogen) atoms. The van der Waals surface area contributed by atoms with Crippen molar-refractivity contribution in [2.45, 2.75) is 26.5 Å². The Balaban J connectivity index is 3.26. The fourth-order valence-electron chi connectivity index (χ4n) is 2.11. The van der Waals surface area contributed by atoms with E-state index in [2.05, 4.69) is 0 Å². The van der Waals surface area contributed by atoms with Crippen molar-refractivity contribution in [3.05, 3.63) is 35.4 Å². The number of hydrogen-bond acceptors (Lipinski definition) is 3. The predicted molar refractivity (Wildman–Crippen MR) is 70.6 cm³/mol. The van der Waals surface area contributed by atoms with Crippen LogP contribution in [0.4, 0.5) is 0 Å². The van der Waals surface area contributed by atoms with E-state index in [1.807, 2.05) is 12.1 Å². The van der Waals surface area contributed by atoms with Gasteiger partial charge in [0.2, 0.25) is 5.91 Å². The number of carboxylic acids is 1. The second-order valence-electron chi connectivity index (χ2n) is 4.18. The minimum absolute atomic E-state index is 0.262. The number of rotatable bonds is 6. The normalized spacial score (nSPS) is 11.9. The molecule has 0 aliphatic heterocycles. The number of amides is 1. The van der Waals surface area contributed by atoms with E-state index in [4.69, 9.17) is 4.74 Å². The molecule has 5 heteroatoms. The van der Waals surface area contributed by atoms with E-state index in [9.17, 15) is 14.7 Å². The van der Waals surface area contributed by atoms with Crippen molar-refractivity contribution in [1.29, 1.82) is 0 Å². The van der Waals surface area contributed by atoms with Crippen LogP contribution in [-0.2, 0) is 20.9 Å². The average Bonchev–Trinajstić information content (AvgIpc) is 2.36. The number of carbonyl (C=O) groups is 2. The Kier molecular flexibility index (Phi) is 5.51. The van der Waals surface area contributed by atoms with Crippen LogP contribution < -0.4 is 0 Å². The lowest BCUT2D eigenvalue weighted by molar-refractivity contribution is -0.149. The molecule has 0 heterocycles. The zero-order chi connectivity index (χ0) is 14.4. The molecular weight excluding hydrogens is 246 g/mol. The van der Waals surface area contributed by atoms with E-state index in [1.165, 1.54) is 11.8 Å². The van der Waals surface area contributed by atoms with Gasteiger partial charge < -0.3 is 14.7 Å². The summed E-state index contributed by atoms with van der Waals surface area (Å²) >= 11 is 0. The molecule has 1 aromatic carbocycles. The largest absolute Gasteiger partial charge is 0.479 e. The first-order valence-electron chi connectivity index (χ1n) is 6.09. The Bertz CT molecular complexity index is 459. The van der Waals surface area contributed by atoms with E-state index >= 15 is 0 Å². The Hall–Kier alpha value is -1.88. The smallest absolute Gasteiger partial charge is 0.331 e. The summed E-state index contributed by atoms with van der Waals surface area (Å²) < 4.78 is 5.08. The number of hydrogen-bond donors (Lipinski definition) is 1. The van der Waals surface area contributed by atoms with Crippen molar-refractivity contribution in [1.82, 2.24) is 4.90 Å². The quantitative estimate of drug-likeness (QED) is 0.852. The maximum atomic E-state index is 11.6. The number of nitrogens with zero attached hydrogens (tertiary/aromatic N) is 1. The summed E-state index contributed by atoms with van der Waals surface area (Å²) in [7, 11) is 1.55. The van der Waals surface area contributed by atoms with Gasteiger partial charge in [0.15, 0.2) is 6.04 Å². The van der Waals surface area contributed by atoms with Gasteiger partial charge >= 0.3 is 5.97 Å². The molecule has 0 aromatic heterocycles. The number of aliphatic carboxylic acids is 1. The van der Waals surface area contributed by atoms with Crippen LogP contribution in [0.3, 0.4) is 0 Å². The summed E-state index contributed by atoms with van der Waals surface area (Å²) in [5.41, 5.74) is 1.37. The Labute approximate surface area is 112 Å². The number of benzene rings is 1. The molecule has 1 rings (SSSR count). The van der Waals surface area contributed by atoms with E-state index in [0.717, 1.165) is 5.56 Å². The highest BCUT2D eigenvalue weighted by Gasteiger charge is 2.29. The van der Waals surface area contributed by atoms with Crippen molar-refractivity contribution >= 4 is 11.9 Å². The molecule has 0 fully saturated rings. The molecule has 1 atom stereocenters. The maximum Gasteiger partial charge on any atom is 0.331 e. The van der Waals surface area contributed by atoms with Gasteiger partial charge in [-0.25, -0.2) is 4.79 Å². The molecule has 1 aromatic rings. The first-order chi connectivity index (χ1) is 9.02. The highest BCUT2D eigenvalue weighted by Crippen LogP contribution is 2.25. The van der Waals surface area contributed by atoms with Gasteiger partial charge in [-0.1, -0.05) is 24.3 Å². The van der Waals surface area contributed by atoms with Crippen molar-refractivity contribution in [3.8, 4) is 0 Å². The minimum Gasteiger partial charge on any atom is -0.479 e. The third-order valence-corrected chi connectivity index (χ3v) is 2.94. The van der Waals surface area contributed by atoms with Gasteiger partial charge in [0.25, 0.3) is 0 Å². The lowest BCUT2D eigenvalue weighted by Gasteiger charge is -2.28. The topological polar surface area (TPSA) is 66.8 Å². The van der Waals surface area contributed by atoms with Gasteiger partial charge in [-0.2, -0.15) is 0 Å². The lowest BCUT2D eigenvalue weighted by atomic mass is 9.99. The van der Waals surface area contributed by atoms with Crippen molar-refractivity contribution in [2.75, 3.05) is 13.7 Å². The second kappa shape index (κ2) is 6.89. The van der Waals surface area contributed by atoms with Gasteiger partial charge in [-0.15, -0.1) is 0 Å². The van der Waals surface area contributed by atoms with Gasteiger partial charge in [0.05, 0.1) is 6.61 Å². The zero-order valence-corrected chi connectivity index (χ0v) is 11.4. The molecule has 0 spiro atoms. The second-order valence-corrected chi connectivity index (χ2v) is 4.18. The van der Waals surface area contributed by atoms with E-state index < -0.39 is 12.0 Å². The zero-order valence-electron chi connectivity index (χ0n) is 11.4. The first-order valence-corrected chi connectivity index (χ1v) is 6.09. The third-order valence-electron chi connectivity index (χ3n) is 2.94. The average molecular weight is 265 g/mol. The minimum atomic E-state index is -1.04. The summed E-state index contributed by atoms with van der Waals surface area (Å²) in [5.74, 6) is -1.30. The molecule has 0 aliphatic carbocycles. The van der Waals surface area contributed by atoms with Crippen LogP contribution >= 0.6 is 0 Å². The van der Waals surface area contributed by atoms with Crippen LogP contribution in [0.25, 0.3) is 0 Å². The Morgan fingerprint density at radius 1 is 1.37 bits per heavy atom. The summed E-state index contributed by atoms with van der Waals surface area (Å²) in [6, 6.07) is 6.13. The predicted octanol–water partition coefficient (Wildman–Crippen LogP) is 1.83. The highest BCUT2D eigenvalue weighted by molar-refractivity contribution is 5.83. The fraction of sp³-hybridized carbons (Fsp3) is 0.429. The van der Waals surface area contributed by atoms with Gasteiger partial charge in [-0.05, 0) is 18.1 Å². The third kappa shape index (κ3) is 3.54. The molecular formula is C14H19NO4. The molecule has 0 saturated carbocycles. The van der Waals surface area contributed by atoms with Crippen molar-refractivity contribution < 1.29 is 19.4 Å². The highest BCUT2D eigenvalue weighted by atomic mass is 16.5. The fourth-order valence-corrected chi connectivity index (χ4v) is 2.11. The number of carboxylic acid groups (broad SMARTS) is 1. The lowest BCUT2D eigenvalue weighted by Crippen LogP contribution is -2.38. The number of methoxy groups -OCH3 is 1. The molecule has 1 unspecified atom stereocenters. The molecule has 0 radical (unpaired) electrons. The Morgan fingerprint density at radius 2 is 2.00 bits per heavy atom. The van der Waals surface area contributed by atoms with E-state index in [-0.39, 0.29) is 5.91 Å². The van der Waals surface area contributed by atoms with Crippen molar-refractivity contribution in [2.24, 2.45) is 0 Å².